The summed E-state index contributed by atoms with van der Waals surface area (Å²) in [6, 6.07) is 9.09. The molecule has 132 valence electrons. The molecule has 0 spiro atoms. The van der Waals surface area contributed by atoms with Gasteiger partial charge < -0.3 is 19.1 Å². The van der Waals surface area contributed by atoms with E-state index in [4.69, 9.17) is 9.26 Å². The van der Waals surface area contributed by atoms with Crippen molar-refractivity contribution in [3.05, 3.63) is 41.8 Å². The van der Waals surface area contributed by atoms with Crippen LogP contribution in [0.1, 0.15) is 17.9 Å². The summed E-state index contributed by atoms with van der Waals surface area (Å²) in [5, 5.41) is 3.90. The normalized spacial score (nSPS) is 17.0. The number of ether oxygens (including phenoxy) is 1. The molecular formula is C18H21N3O4. The molecule has 2 heterocycles. The molecule has 7 nitrogen and oxygen atoms in total. The fourth-order valence-corrected chi connectivity index (χ4v) is 3.03. The number of carbonyl (C=O) groups excluding carboxylic acids is 2. The third-order valence-corrected chi connectivity index (χ3v) is 4.29. The molecule has 0 aliphatic carbocycles. The molecule has 2 amide bonds. The molecule has 3 rings (SSSR count). The van der Waals surface area contributed by atoms with Crippen LogP contribution in [0.4, 0.5) is 5.69 Å². The minimum Gasteiger partial charge on any atom is -0.497 e. The van der Waals surface area contributed by atoms with Crippen molar-refractivity contribution in [3.63, 3.8) is 0 Å². The van der Waals surface area contributed by atoms with Gasteiger partial charge in [-0.1, -0.05) is 11.2 Å². The third kappa shape index (κ3) is 3.65. The molecule has 0 saturated carbocycles. The lowest BCUT2D eigenvalue weighted by Crippen LogP contribution is -2.34. The molecule has 0 unspecified atom stereocenters. The van der Waals surface area contributed by atoms with Crippen molar-refractivity contribution in [2.45, 2.75) is 19.9 Å². The second kappa shape index (κ2) is 6.96. The Hall–Kier alpha value is -2.83. The number of rotatable bonds is 5. The van der Waals surface area contributed by atoms with Crippen LogP contribution in [0, 0.1) is 12.8 Å². The predicted molar refractivity (Wildman–Crippen MR) is 91.2 cm³/mol. The molecule has 7 heteroatoms. The fourth-order valence-electron chi connectivity index (χ4n) is 3.03. The Morgan fingerprint density at radius 1 is 1.44 bits per heavy atom. The number of carbonyl (C=O) groups is 2. The highest BCUT2D eigenvalue weighted by molar-refractivity contribution is 6.00. The van der Waals surface area contributed by atoms with Crippen LogP contribution in [0.3, 0.4) is 0 Å². The topological polar surface area (TPSA) is 75.9 Å². The molecule has 1 aromatic carbocycles. The zero-order chi connectivity index (χ0) is 18.0. The van der Waals surface area contributed by atoms with Gasteiger partial charge in [0.1, 0.15) is 17.2 Å². The van der Waals surface area contributed by atoms with Gasteiger partial charge in [-0.05, 0) is 19.1 Å². The van der Waals surface area contributed by atoms with Gasteiger partial charge in [0.15, 0.2) is 0 Å². The number of nitrogens with zero attached hydrogens (tertiary/aromatic N) is 3. The number of anilines is 1. The van der Waals surface area contributed by atoms with Crippen molar-refractivity contribution >= 4 is 17.5 Å². The van der Waals surface area contributed by atoms with Gasteiger partial charge in [0.2, 0.25) is 11.8 Å². The zero-order valence-corrected chi connectivity index (χ0v) is 14.6. The number of benzene rings is 1. The molecule has 0 bridgehead atoms. The highest BCUT2D eigenvalue weighted by Gasteiger charge is 2.36. The Bertz CT molecular complexity index is 786. The van der Waals surface area contributed by atoms with Crippen LogP contribution in [0.2, 0.25) is 0 Å². The molecule has 1 saturated heterocycles. The van der Waals surface area contributed by atoms with Gasteiger partial charge in [-0.3, -0.25) is 9.59 Å². The van der Waals surface area contributed by atoms with Crippen LogP contribution in [0.5, 0.6) is 5.75 Å². The van der Waals surface area contributed by atoms with Crippen LogP contribution in [-0.2, 0) is 16.1 Å². The van der Waals surface area contributed by atoms with Crippen LogP contribution in [-0.4, -0.2) is 42.6 Å². The first-order valence-corrected chi connectivity index (χ1v) is 8.09. The van der Waals surface area contributed by atoms with Crippen molar-refractivity contribution in [3.8, 4) is 5.75 Å². The van der Waals surface area contributed by atoms with Gasteiger partial charge >= 0.3 is 0 Å². The van der Waals surface area contributed by atoms with Crippen LogP contribution < -0.4 is 9.64 Å². The van der Waals surface area contributed by atoms with Crippen LogP contribution in [0.15, 0.2) is 34.9 Å². The van der Waals surface area contributed by atoms with E-state index < -0.39 is 0 Å². The molecule has 25 heavy (non-hydrogen) atoms. The molecule has 1 fully saturated rings. The maximum absolute atomic E-state index is 12.7. The fraction of sp³-hybridized carbons (Fsp3) is 0.389. The summed E-state index contributed by atoms with van der Waals surface area (Å²) in [6.07, 6.45) is 0.207. The Morgan fingerprint density at radius 2 is 2.24 bits per heavy atom. The standard InChI is InChI=1S/C18H21N3O4/c1-12-7-14(19-25-12)11-20(2)18(23)13-8-17(22)21(10-13)15-5-4-6-16(9-15)24-3/h4-7,9,13H,8,10-11H2,1-3H3/t13-/m0/s1. The monoisotopic (exact) mass is 343 g/mol. The van der Waals surface area contributed by atoms with E-state index in [1.165, 1.54) is 0 Å². The van der Waals surface area contributed by atoms with Crippen molar-refractivity contribution in [2.75, 3.05) is 25.6 Å². The van der Waals surface area contributed by atoms with Gasteiger partial charge in [0.25, 0.3) is 0 Å². The second-order valence-corrected chi connectivity index (χ2v) is 6.23. The summed E-state index contributed by atoms with van der Waals surface area (Å²) in [5.41, 5.74) is 1.44. The lowest BCUT2D eigenvalue weighted by Gasteiger charge is -2.21. The molecule has 0 N–H and O–H groups in total. The molecule has 2 aromatic rings. The SMILES string of the molecule is COc1cccc(N2C[C@@H](C(=O)N(C)Cc3cc(C)on3)CC2=O)c1. The lowest BCUT2D eigenvalue weighted by molar-refractivity contribution is -0.135. The van der Waals surface area contributed by atoms with Gasteiger partial charge in [-0.15, -0.1) is 0 Å². The van der Waals surface area contributed by atoms with E-state index in [1.54, 1.807) is 43.0 Å². The molecular weight excluding hydrogens is 322 g/mol. The first-order valence-electron chi connectivity index (χ1n) is 8.09. The number of methoxy groups -OCH3 is 1. The van der Waals surface area contributed by atoms with Gasteiger partial charge in [-0.2, -0.15) is 0 Å². The molecule has 1 aliphatic heterocycles. The highest BCUT2D eigenvalue weighted by atomic mass is 16.5. The second-order valence-electron chi connectivity index (χ2n) is 6.23. The highest BCUT2D eigenvalue weighted by Crippen LogP contribution is 2.28. The summed E-state index contributed by atoms with van der Waals surface area (Å²) >= 11 is 0. The third-order valence-electron chi connectivity index (χ3n) is 4.29. The van der Waals surface area contributed by atoms with Crippen molar-refractivity contribution in [1.82, 2.24) is 10.1 Å². The van der Waals surface area contributed by atoms with Crippen LogP contribution in [0.25, 0.3) is 0 Å². The van der Waals surface area contributed by atoms with E-state index in [1.807, 2.05) is 18.2 Å². The van der Waals surface area contributed by atoms with Crippen LogP contribution >= 0.6 is 0 Å². The van der Waals surface area contributed by atoms with Gasteiger partial charge in [-0.25, -0.2) is 0 Å². The Balaban J connectivity index is 1.67. The maximum Gasteiger partial charge on any atom is 0.228 e. The summed E-state index contributed by atoms with van der Waals surface area (Å²) in [5.74, 6) is 0.892. The molecule has 1 atom stereocenters. The quantitative estimate of drug-likeness (QED) is 0.830. The van der Waals surface area contributed by atoms with Crippen molar-refractivity contribution in [2.24, 2.45) is 5.92 Å². The summed E-state index contributed by atoms with van der Waals surface area (Å²) in [4.78, 5) is 28.3. The van der Waals surface area contributed by atoms with E-state index in [9.17, 15) is 9.59 Å². The number of hydrogen-bond donors (Lipinski definition) is 0. The van der Waals surface area contributed by atoms with Gasteiger partial charge in [0, 0.05) is 37.8 Å². The van der Waals surface area contributed by atoms with Crippen molar-refractivity contribution < 1.29 is 18.8 Å². The predicted octanol–water partition coefficient (Wildman–Crippen LogP) is 2.00. The van der Waals surface area contributed by atoms with E-state index >= 15 is 0 Å². The minimum absolute atomic E-state index is 0.0581. The van der Waals surface area contributed by atoms with E-state index in [-0.39, 0.29) is 24.2 Å². The molecule has 1 aromatic heterocycles. The Morgan fingerprint density at radius 3 is 2.92 bits per heavy atom. The number of amides is 2. The number of aromatic nitrogens is 1. The van der Waals surface area contributed by atoms with E-state index in [0.717, 1.165) is 5.69 Å². The van der Waals surface area contributed by atoms with Crippen molar-refractivity contribution in [1.29, 1.82) is 0 Å². The smallest absolute Gasteiger partial charge is 0.228 e. The first kappa shape index (κ1) is 17.0. The first-order chi connectivity index (χ1) is 12.0. The maximum atomic E-state index is 12.7. The lowest BCUT2D eigenvalue weighted by atomic mass is 10.1. The Kier molecular flexibility index (Phi) is 4.74. The summed E-state index contributed by atoms with van der Waals surface area (Å²) < 4.78 is 10.2. The molecule has 1 aliphatic rings. The average molecular weight is 343 g/mol. The summed E-state index contributed by atoms with van der Waals surface area (Å²) in [7, 11) is 3.29. The van der Waals surface area contributed by atoms with E-state index in [0.29, 0.717) is 30.3 Å². The zero-order valence-electron chi connectivity index (χ0n) is 14.6. The number of aryl methyl sites for hydroxylation is 1. The largest absolute Gasteiger partial charge is 0.497 e. The minimum atomic E-state index is -0.364. The molecule has 0 radical (unpaired) electrons. The number of hydrogen-bond acceptors (Lipinski definition) is 5. The average Bonchev–Trinajstić information content (AvgIpc) is 3.19. The van der Waals surface area contributed by atoms with Gasteiger partial charge in [0.05, 0.1) is 19.6 Å². The van der Waals surface area contributed by atoms with E-state index in [2.05, 4.69) is 5.16 Å². The summed E-state index contributed by atoms with van der Waals surface area (Å²) in [6.45, 7) is 2.53. The Labute approximate surface area is 146 Å².